The zero-order chi connectivity index (χ0) is 20.9. The van der Waals surface area contributed by atoms with Crippen molar-refractivity contribution in [2.24, 2.45) is 0 Å². The molecule has 0 amide bonds. The van der Waals surface area contributed by atoms with Crippen LogP contribution in [0.4, 0.5) is 13.2 Å². The van der Waals surface area contributed by atoms with E-state index in [9.17, 15) is 23.1 Å². The van der Waals surface area contributed by atoms with Gasteiger partial charge in [0.2, 0.25) is 0 Å². The number of hydrogen-bond acceptors (Lipinski definition) is 4. The Morgan fingerprint density at radius 2 is 1.82 bits per heavy atom. The van der Waals surface area contributed by atoms with Gasteiger partial charge in [0, 0.05) is 6.42 Å². The van der Waals surface area contributed by atoms with E-state index in [4.69, 9.17) is 0 Å². The molecule has 0 fully saturated rings. The summed E-state index contributed by atoms with van der Waals surface area (Å²) in [6.07, 6.45) is -4.28. The fourth-order valence-electron chi connectivity index (χ4n) is 3.12. The number of fused-ring (bicyclic) bond motifs is 1. The summed E-state index contributed by atoms with van der Waals surface area (Å²) in [7, 11) is 0. The number of halogens is 3. The van der Waals surface area contributed by atoms with Crippen LogP contribution in [-0.4, -0.2) is 30.5 Å². The first-order chi connectivity index (χ1) is 12.9. The van der Waals surface area contributed by atoms with E-state index in [1.165, 1.54) is 16.8 Å². The number of rotatable bonds is 4. The van der Waals surface area contributed by atoms with Crippen LogP contribution < -0.4 is 5.56 Å². The molecule has 2 N–H and O–H groups in total. The first-order valence-corrected chi connectivity index (χ1v) is 8.74. The number of hydrogen-bond donors (Lipinski definition) is 2. The van der Waals surface area contributed by atoms with Crippen molar-refractivity contribution in [1.82, 2.24) is 19.7 Å². The number of aliphatic hydroxyl groups is 1. The summed E-state index contributed by atoms with van der Waals surface area (Å²) in [5, 5.41) is 14.9. The molecule has 28 heavy (non-hydrogen) atoms. The van der Waals surface area contributed by atoms with Crippen molar-refractivity contribution in [3.05, 3.63) is 57.3 Å². The average molecular weight is 394 g/mol. The number of H-pyrrole nitrogens is 1. The van der Waals surface area contributed by atoms with Crippen LogP contribution in [-0.2, 0) is 12.6 Å². The van der Waals surface area contributed by atoms with Crippen LogP contribution in [0.1, 0.15) is 49.5 Å². The SMILES string of the molecule is Cc1nc2c(c(CC(C)(C)O)nn2C(C)c2ccc(C(F)(F)F)cc2)c(=O)[nH]1. The Balaban J connectivity index is 2.13. The van der Waals surface area contributed by atoms with Crippen molar-refractivity contribution in [1.29, 1.82) is 0 Å². The Hall–Kier alpha value is -2.68. The van der Waals surface area contributed by atoms with Crippen molar-refractivity contribution < 1.29 is 18.3 Å². The van der Waals surface area contributed by atoms with Crippen LogP contribution in [0, 0.1) is 6.92 Å². The second-order valence-corrected chi connectivity index (χ2v) is 7.53. The minimum Gasteiger partial charge on any atom is -0.390 e. The Bertz CT molecular complexity index is 1060. The first-order valence-electron chi connectivity index (χ1n) is 8.74. The summed E-state index contributed by atoms with van der Waals surface area (Å²) in [6.45, 7) is 6.61. The molecule has 1 atom stereocenters. The molecule has 0 bridgehead atoms. The average Bonchev–Trinajstić information content (AvgIpc) is 2.90. The van der Waals surface area contributed by atoms with E-state index in [2.05, 4.69) is 15.1 Å². The second kappa shape index (κ2) is 6.73. The van der Waals surface area contributed by atoms with Crippen LogP contribution in [0.25, 0.3) is 11.0 Å². The van der Waals surface area contributed by atoms with Crippen LogP contribution in [0.2, 0.25) is 0 Å². The lowest BCUT2D eigenvalue weighted by molar-refractivity contribution is -0.137. The van der Waals surface area contributed by atoms with Crippen LogP contribution in [0.15, 0.2) is 29.1 Å². The molecule has 0 spiro atoms. The number of benzene rings is 1. The fourth-order valence-corrected chi connectivity index (χ4v) is 3.12. The molecule has 0 aliphatic rings. The van der Waals surface area contributed by atoms with E-state index >= 15 is 0 Å². The van der Waals surface area contributed by atoms with Gasteiger partial charge in [0.25, 0.3) is 5.56 Å². The molecule has 150 valence electrons. The lowest BCUT2D eigenvalue weighted by Gasteiger charge is -2.16. The zero-order valence-corrected chi connectivity index (χ0v) is 15.9. The molecule has 0 saturated carbocycles. The van der Waals surface area contributed by atoms with E-state index in [0.717, 1.165) is 12.1 Å². The third kappa shape index (κ3) is 3.94. The Labute approximate surface area is 159 Å². The van der Waals surface area contributed by atoms with Gasteiger partial charge in [-0.25, -0.2) is 9.67 Å². The summed E-state index contributed by atoms with van der Waals surface area (Å²) in [4.78, 5) is 19.5. The van der Waals surface area contributed by atoms with Gasteiger partial charge < -0.3 is 10.1 Å². The highest BCUT2D eigenvalue weighted by atomic mass is 19.4. The van der Waals surface area contributed by atoms with Gasteiger partial charge in [-0.1, -0.05) is 12.1 Å². The van der Waals surface area contributed by atoms with Crippen LogP contribution in [0.5, 0.6) is 0 Å². The summed E-state index contributed by atoms with van der Waals surface area (Å²) in [5.41, 5.74) is -0.898. The number of aromatic nitrogens is 4. The minimum atomic E-state index is -4.41. The Kier molecular flexibility index (Phi) is 4.82. The topological polar surface area (TPSA) is 83.8 Å². The highest BCUT2D eigenvalue weighted by Gasteiger charge is 2.30. The molecular weight excluding hydrogens is 373 g/mol. The van der Waals surface area contributed by atoms with Crippen molar-refractivity contribution in [3.8, 4) is 0 Å². The summed E-state index contributed by atoms with van der Waals surface area (Å²) in [5.74, 6) is 0.396. The van der Waals surface area contributed by atoms with Gasteiger partial charge in [-0.15, -0.1) is 0 Å². The molecule has 0 saturated heterocycles. The van der Waals surface area contributed by atoms with Gasteiger partial charge in [-0.05, 0) is 45.4 Å². The second-order valence-electron chi connectivity index (χ2n) is 7.53. The Morgan fingerprint density at radius 3 is 2.36 bits per heavy atom. The van der Waals surface area contributed by atoms with Crippen molar-refractivity contribution in [2.45, 2.75) is 51.9 Å². The van der Waals surface area contributed by atoms with Gasteiger partial charge in [0.05, 0.1) is 22.9 Å². The lowest BCUT2D eigenvalue weighted by Crippen LogP contribution is -2.23. The maximum atomic E-state index is 12.8. The van der Waals surface area contributed by atoms with E-state index in [-0.39, 0.29) is 17.4 Å². The molecule has 2 aromatic heterocycles. The molecular formula is C19H21F3N4O2. The van der Waals surface area contributed by atoms with Gasteiger partial charge >= 0.3 is 6.18 Å². The molecule has 2 heterocycles. The molecule has 0 aliphatic carbocycles. The van der Waals surface area contributed by atoms with E-state index < -0.39 is 23.4 Å². The normalized spacial score (nSPS) is 13.9. The molecule has 0 radical (unpaired) electrons. The monoisotopic (exact) mass is 394 g/mol. The molecule has 0 aliphatic heterocycles. The molecule has 6 nitrogen and oxygen atoms in total. The molecule has 3 rings (SSSR count). The highest BCUT2D eigenvalue weighted by molar-refractivity contribution is 5.77. The summed E-state index contributed by atoms with van der Waals surface area (Å²) < 4.78 is 40.0. The lowest BCUT2D eigenvalue weighted by atomic mass is 10.0. The van der Waals surface area contributed by atoms with Gasteiger partial charge in [0.1, 0.15) is 11.2 Å². The summed E-state index contributed by atoms with van der Waals surface area (Å²) >= 11 is 0. The number of aromatic amines is 1. The van der Waals surface area contributed by atoms with Crippen LogP contribution >= 0.6 is 0 Å². The largest absolute Gasteiger partial charge is 0.416 e. The van der Waals surface area contributed by atoms with E-state index in [1.807, 2.05) is 0 Å². The number of nitrogens with zero attached hydrogens (tertiary/aromatic N) is 3. The van der Waals surface area contributed by atoms with Gasteiger partial charge in [-0.3, -0.25) is 4.79 Å². The maximum Gasteiger partial charge on any atom is 0.416 e. The van der Waals surface area contributed by atoms with E-state index in [0.29, 0.717) is 22.7 Å². The van der Waals surface area contributed by atoms with Crippen molar-refractivity contribution in [3.63, 3.8) is 0 Å². The number of nitrogens with one attached hydrogen (secondary N) is 1. The number of aryl methyl sites for hydroxylation is 1. The standard InChI is InChI=1S/C19H21F3N4O2/c1-10(12-5-7-13(8-6-12)19(20,21)22)26-16-15(17(27)24-11(2)23-16)14(25-26)9-18(3,4)28/h5-8,10,28H,9H2,1-4H3,(H,23,24,27). The van der Waals surface area contributed by atoms with Gasteiger partial charge in [0.15, 0.2) is 5.65 Å². The molecule has 3 aromatic rings. The zero-order valence-electron chi connectivity index (χ0n) is 15.9. The molecule has 1 unspecified atom stereocenters. The van der Waals surface area contributed by atoms with Crippen molar-refractivity contribution in [2.75, 3.05) is 0 Å². The maximum absolute atomic E-state index is 12.8. The van der Waals surface area contributed by atoms with Gasteiger partial charge in [-0.2, -0.15) is 18.3 Å². The van der Waals surface area contributed by atoms with E-state index in [1.54, 1.807) is 27.7 Å². The Morgan fingerprint density at radius 1 is 1.21 bits per heavy atom. The van der Waals surface area contributed by atoms with Crippen molar-refractivity contribution >= 4 is 11.0 Å². The van der Waals surface area contributed by atoms with Crippen LogP contribution in [0.3, 0.4) is 0 Å². The highest BCUT2D eigenvalue weighted by Crippen LogP contribution is 2.31. The smallest absolute Gasteiger partial charge is 0.390 e. The molecule has 1 aromatic carbocycles. The fraction of sp³-hybridized carbons (Fsp3) is 0.421. The predicted molar refractivity (Wildman–Crippen MR) is 98.1 cm³/mol. The predicted octanol–water partition coefficient (Wildman–Crippen LogP) is 3.37. The third-order valence-electron chi connectivity index (χ3n) is 4.44. The summed E-state index contributed by atoms with van der Waals surface area (Å²) in [6, 6.07) is 4.34. The first kappa shape index (κ1) is 20.1. The molecule has 9 heteroatoms. The number of alkyl halides is 3. The quantitative estimate of drug-likeness (QED) is 0.711. The third-order valence-corrected chi connectivity index (χ3v) is 4.44. The minimum absolute atomic E-state index is 0.129.